The number of nitrogens with one attached hydrogen (secondary N) is 1. The van der Waals surface area contributed by atoms with Gasteiger partial charge in [0, 0.05) is 7.05 Å². The molecule has 1 aliphatic rings. The number of hydrogen-bond acceptors (Lipinski definition) is 2. The molecular weight excluding hydrogens is 246 g/mol. The Morgan fingerprint density at radius 2 is 2.20 bits per heavy atom. The second-order valence-electron chi connectivity index (χ2n) is 5.70. The summed E-state index contributed by atoms with van der Waals surface area (Å²) in [6, 6.07) is 8.60. The number of nitrogens with zero attached hydrogens (tertiary/aromatic N) is 2. The SMILES string of the molecule is CC(NCCC1=CCCC1)c1nc2ccccc2n1C. The first-order valence-corrected chi connectivity index (χ1v) is 7.58. The molecule has 0 fully saturated rings. The van der Waals surface area contributed by atoms with E-state index in [1.165, 1.54) is 31.2 Å². The summed E-state index contributed by atoms with van der Waals surface area (Å²) in [6.45, 7) is 3.24. The fraction of sp³-hybridized carbons (Fsp3) is 0.471. The van der Waals surface area contributed by atoms with Gasteiger partial charge in [0.15, 0.2) is 0 Å². The molecule has 3 heteroatoms. The van der Waals surface area contributed by atoms with Crippen molar-refractivity contribution in [2.75, 3.05) is 6.54 Å². The van der Waals surface area contributed by atoms with Crippen LogP contribution in [0.3, 0.4) is 0 Å². The largest absolute Gasteiger partial charge is 0.330 e. The van der Waals surface area contributed by atoms with E-state index < -0.39 is 0 Å². The summed E-state index contributed by atoms with van der Waals surface area (Å²) < 4.78 is 2.20. The molecule has 106 valence electrons. The Balaban J connectivity index is 1.65. The molecular formula is C17H23N3. The van der Waals surface area contributed by atoms with Crippen LogP contribution in [-0.2, 0) is 7.05 Å². The molecule has 0 amide bonds. The van der Waals surface area contributed by atoms with Crippen LogP contribution in [0, 0.1) is 0 Å². The molecule has 0 radical (unpaired) electrons. The van der Waals surface area contributed by atoms with Crippen LogP contribution in [0.2, 0.25) is 0 Å². The summed E-state index contributed by atoms with van der Waals surface area (Å²) in [5, 5.41) is 3.60. The van der Waals surface area contributed by atoms with E-state index in [2.05, 4.69) is 48.1 Å². The van der Waals surface area contributed by atoms with Gasteiger partial charge in [-0.3, -0.25) is 0 Å². The molecule has 0 saturated heterocycles. The predicted molar refractivity (Wildman–Crippen MR) is 83.7 cm³/mol. The van der Waals surface area contributed by atoms with Crippen molar-refractivity contribution in [1.82, 2.24) is 14.9 Å². The van der Waals surface area contributed by atoms with Crippen molar-refractivity contribution in [2.24, 2.45) is 7.05 Å². The monoisotopic (exact) mass is 269 g/mol. The van der Waals surface area contributed by atoms with Crippen molar-refractivity contribution < 1.29 is 0 Å². The van der Waals surface area contributed by atoms with Gasteiger partial charge in [0.05, 0.1) is 17.1 Å². The number of hydrogen-bond donors (Lipinski definition) is 1. The zero-order valence-electron chi connectivity index (χ0n) is 12.4. The van der Waals surface area contributed by atoms with Crippen LogP contribution in [-0.4, -0.2) is 16.1 Å². The van der Waals surface area contributed by atoms with E-state index in [0.29, 0.717) is 0 Å². The number of aromatic nitrogens is 2. The molecule has 20 heavy (non-hydrogen) atoms. The summed E-state index contributed by atoms with van der Waals surface area (Å²) in [6.07, 6.45) is 7.49. The van der Waals surface area contributed by atoms with E-state index in [4.69, 9.17) is 4.98 Å². The highest BCUT2D eigenvalue weighted by Gasteiger charge is 2.14. The van der Waals surface area contributed by atoms with Gasteiger partial charge in [-0.2, -0.15) is 0 Å². The molecule has 3 nitrogen and oxygen atoms in total. The number of benzene rings is 1. The van der Waals surface area contributed by atoms with E-state index in [-0.39, 0.29) is 6.04 Å². The zero-order valence-corrected chi connectivity index (χ0v) is 12.4. The Morgan fingerprint density at radius 1 is 1.35 bits per heavy atom. The van der Waals surface area contributed by atoms with Crippen LogP contribution in [0.4, 0.5) is 0 Å². The van der Waals surface area contributed by atoms with Crippen LogP contribution in [0.25, 0.3) is 11.0 Å². The lowest BCUT2D eigenvalue weighted by Gasteiger charge is -2.14. The average molecular weight is 269 g/mol. The second-order valence-corrected chi connectivity index (χ2v) is 5.70. The first kappa shape index (κ1) is 13.4. The van der Waals surface area contributed by atoms with E-state index in [9.17, 15) is 0 Å². The molecule has 0 bridgehead atoms. The van der Waals surface area contributed by atoms with Gasteiger partial charge in [-0.05, 0) is 51.3 Å². The normalized spacial score (nSPS) is 16.6. The van der Waals surface area contributed by atoms with Crippen molar-refractivity contribution in [2.45, 2.75) is 38.6 Å². The van der Waals surface area contributed by atoms with Crippen LogP contribution in [0.5, 0.6) is 0 Å². The lowest BCUT2D eigenvalue weighted by Crippen LogP contribution is -2.22. The minimum absolute atomic E-state index is 0.286. The summed E-state index contributed by atoms with van der Waals surface area (Å²) in [5.41, 5.74) is 3.90. The Morgan fingerprint density at radius 3 is 2.95 bits per heavy atom. The summed E-state index contributed by atoms with van der Waals surface area (Å²) >= 11 is 0. The molecule has 0 spiro atoms. The lowest BCUT2D eigenvalue weighted by atomic mass is 10.1. The van der Waals surface area contributed by atoms with Crippen LogP contribution < -0.4 is 5.32 Å². The van der Waals surface area contributed by atoms with Gasteiger partial charge in [-0.25, -0.2) is 4.98 Å². The summed E-state index contributed by atoms with van der Waals surface area (Å²) in [5.74, 6) is 1.12. The van der Waals surface area contributed by atoms with Crippen molar-refractivity contribution >= 4 is 11.0 Å². The summed E-state index contributed by atoms with van der Waals surface area (Å²) in [4.78, 5) is 4.75. The first-order chi connectivity index (χ1) is 9.75. The highest BCUT2D eigenvalue weighted by atomic mass is 15.1. The van der Waals surface area contributed by atoms with E-state index in [0.717, 1.165) is 17.9 Å². The van der Waals surface area contributed by atoms with Gasteiger partial charge in [-0.15, -0.1) is 0 Å². The molecule has 0 aliphatic heterocycles. The highest BCUT2D eigenvalue weighted by Crippen LogP contribution is 2.21. The van der Waals surface area contributed by atoms with E-state index >= 15 is 0 Å². The molecule has 1 heterocycles. The minimum Gasteiger partial charge on any atom is -0.330 e. The van der Waals surface area contributed by atoms with Gasteiger partial charge in [0.2, 0.25) is 0 Å². The molecule has 0 saturated carbocycles. The predicted octanol–water partition coefficient (Wildman–Crippen LogP) is 3.72. The van der Waals surface area contributed by atoms with Crippen molar-refractivity contribution in [3.63, 3.8) is 0 Å². The average Bonchev–Trinajstić information content (AvgIpc) is 3.08. The molecule has 1 N–H and O–H groups in total. The molecule has 2 aromatic rings. The number of para-hydroxylation sites is 2. The zero-order chi connectivity index (χ0) is 13.9. The Bertz CT molecular complexity index is 624. The number of allylic oxidation sites excluding steroid dienone is 1. The van der Waals surface area contributed by atoms with Gasteiger partial charge >= 0.3 is 0 Å². The number of fused-ring (bicyclic) bond motifs is 1. The van der Waals surface area contributed by atoms with Gasteiger partial charge < -0.3 is 9.88 Å². The maximum Gasteiger partial charge on any atom is 0.126 e. The van der Waals surface area contributed by atoms with Crippen LogP contribution >= 0.6 is 0 Å². The van der Waals surface area contributed by atoms with Gasteiger partial charge in [0.1, 0.15) is 5.82 Å². The van der Waals surface area contributed by atoms with Crippen LogP contribution in [0.1, 0.15) is 44.5 Å². The van der Waals surface area contributed by atoms with Gasteiger partial charge in [-0.1, -0.05) is 23.8 Å². The molecule has 1 atom stereocenters. The lowest BCUT2D eigenvalue weighted by molar-refractivity contribution is 0.534. The molecule has 1 aromatic heterocycles. The fourth-order valence-electron chi connectivity index (χ4n) is 3.06. The highest BCUT2D eigenvalue weighted by molar-refractivity contribution is 5.75. The molecule has 1 aromatic carbocycles. The number of rotatable bonds is 5. The quantitative estimate of drug-likeness (QED) is 0.838. The van der Waals surface area contributed by atoms with E-state index in [1.54, 1.807) is 5.57 Å². The second kappa shape index (κ2) is 5.80. The molecule has 3 rings (SSSR count). The molecule has 1 aliphatic carbocycles. The smallest absolute Gasteiger partial charge is 0.126 e. The topological polar surface area (TPSA) is 29.9 Å². The Labute approximate surface area is 120 Å². The fourth-order valence-corrected chi connectivity index (χ4v) is 3.06. The third kappa shape index (κ3) is 2.63. The van der Waals surface area contributed by atoms with Gasteiger partial charge in [0.25, 0.3) is 0 Å². The third-order valence-electron chi connectivity index (χ3n) is 4.24. The Hall–Kier alpha value is -1.61. The Kier molecular flexibility index (Phi) is 3.88. The van der Waals surface area contributed by atoms with E-state index in [1.807, 2.05) is 6.07 Å². The molecule has 1 unspecified atom stereocenters. The summed E-state index contributed by atoms with van der Waals surface area (Å²) in [7, 11) is 2.10. The number of imidazole rings is 1. The first-order valence-electron chi connectivity index (χ1n) is 7.58. The van der Waals surface area contributed by atoms with Crippen molar-refractivity contribution in [1.29, 1.82) is 0 Å². The maximum atomic E-state index is 4.75. The van der Waals surface area contributed by atoms with Crippen LogP contribution in [0.15, 0.2) is 35.9 Å². The number of aryl methyl sites for hydroxylation is 1. The van der Waals surface area contributed by atoms with Crippen molar-refractivity contribution in [3.05, 3.63) is 41.7 Å². The minimum atomic E-state index is 0.286. The third-order valence-corrected chi connectivity index (χ3v) is 4.24. The maximum absolute atomic E-state index is 4.75. The van der Waals surface area contributed by atoms with Crippen molar-refractivity contribution in [3.8, 4) is 0 Å². The standard InChI is InChI=1S/C17H23N3/c1-13(18-12-11-14-7-3-4-8-14)17-19-15-9-5-6-10-16(15)20(17)2/h5-7,9-10,13,18H,3-4,8,11-12H2,1-2H3.